The number of hydrogen-bond acceptors (Lipinski definition) is 4. The number of anilines is 2. The molecule has 0 aliphatic heterocycles. The first-order valence-electron chi connectivity index (χ1n) is 3.99. The van der Waals surface area contributed by atoms with E-state index in [2.05, 4.69) is 5.32 Å². The maximum atomic E-state index is 10.8. The summed E-state index contributed by atoms with van der Waals surface area (Å²) in [5.41, 5.74) is 7.51. The largest absolute Gasteiger partial charge is 0.397 e. The summed E-state index contributed by atoms with van der Waals surface area (Å²) in [6.07, 6.45) is 0. The Hall–Kier alpha value is -1.27. The molecule has 1 aromatic rings. The summed E-state index contributed by atoms with van der Waals surface area (Å²) in [6.45, 7) is 0. The first-order chi connectivity index (χ1) is 6.42. The molecule has 0 aliphatic rings. The molecule has 0 bridgehead atoms. The molecule has 0 aliphatic carbocycles. The summed E-state index contributed by atoms with van der Waals surface area (Å²) in [7, 11) is -1.75. The minimum Gasteiger partial charge on any atom is -0.397 e. The van der Waals surface area contributed by atoms with Crippen LogP contribution in [0.5, 0.6) is 0 Å². The molecule has 0 amide bonds. The Morgan fingerprint density at radius 2 is 2.07 bits per heavy atom. The fourth-order valence-corrected chi connectivity index (χ4v) is 1.81. The number of hydrogen-bond donors (Lipinski definition) is 3. The van der Waals surface area contributed by atoms with E-state index < -0.39 is 10.0 Å². The van der Waals surface area contributed by atoms with Crippen molar-refractivity contribution in [1.29, 1.82) is 0 Å². The zero-order valence-corrected chi connectivity index (χ0v) is 8.64. The Balaban J connectivity index is 2.98. The molecule has 5 N–H and O–H groups in total. The lowest BCUT2D eigenvalue weighted by Crippen LogP contribution is -2.14. The molecule has 6 heteroatoms. The number of nitrogens with one attached hydrogen (secondary N) is 1. The monoisotopic (exact) mass is 215 g/mol. The number of rotatable bonds is 3. The third-order valence-corrected chi connectivity index (χ3v) is 2.49. The normalized spacial score (nSPS) is 11.3. The number of primary sulfonamides is 1. The van der Waals surface area contributed by atoms with Crippen LogP contribution in [0.15, 0.2) is 18.2 Å². The van der Waals surface area contributed by atoms with E-state index in [1.54, 1.807) is 25.2 Å². The van der Waals surface area contributed by atoms with Crippen molar-refractivity contribution in [2.24, 2.45) is 5.14 Å². The molecule has 0 saturated heterocycles. The molecular formula is C8H13N3O2S. The fourth-order valence-electron chi connectivity index (χ4n) is 1.16. The highest BCUT2D eigenvalue weighted by Crippen LogP contribution is 2.19. The molecule has 0 fully saturated rings. The number of nitrogens with two attached hydrogens (primary N) is 2. The SMILES string of the molecule is CNc1ccc(CS(N)(=O)=O)cc1N. The Labute approximate surface area is 83.2 Å². The van der Waals surface area contributed by atoms with Gasteiger partial charge in [0.25, 0.3) is 0 Å². The molecule has 0 unspecified atom stereocenters. The van der Waals surface area contributed by atoms with Crippen molar-refractivity contribution < 1.29 is 8.42 Å². The van der Waals surface area contributed by atoms with Crippen LogP contribution in [0.4, 0.5) is 11.4 Å². The minimum absolute atomic E-state index is 0.193. The van der Waals surface area contributed by atoms with Crippen LogP contribution in [0, 0.1) is 0 Å². The van der Waals surface area contributed by atoms with Crippen molar-refractivity contribution in [3.63, 3.8) is 0 Å². The maximum absolute atomic E-state index is 10.8. The van der Waals surface area contributed by atoms with Gasteiger partial charge in [-0.1, -0.05) is 6.07 Å². The average molecular weight is 215 g/mol. The molecule has 0 radical (unpaired) electrons. The van der Waals surface area contributed by atoms with Crippen molar-refractivity contribution in [3.8, 4) is 0 Å². The Kier molecular flexibility index (Phi) is 2.97. The summed E-state index contributed by atoms with van der Waals surface area (Å²) < 4.78 is 21.6. The van der Waals surface area contributed by atoms with Gasteiger partial charge in [-0.25, -0.2) is 13.6 Å². The molecule has 1 aromatic carbocycles. The summed E-state index contributed by atoms with van der Waals surface area (Å²) in [5, 5.41) is 7.78. The van der Waals surface area contributed by atoms with Crippen LogP contribution in [-0.4, -0.2) is 15.5 Å². The summed E-state index contributed by atoms with van der Waals surface area (Å²) in [4.78, 5) is 0. The Morgan fingerprint density at radius 3 is 2.50 bits per heavy atom. The van der Waals surface area contributed by atoms with Crippen LogP contribution in [0.2, 0.25) is 0 Å². The molecule has 78 valence electrons. The van der Waals surface area contributed by atoms with Crippen molar-refractivity contribution in [2.75, 3.05) is 18.1 Å². The van der Waals surface area contributed by atoms with Crippen molar-refractivity contribution >= 4 is 21.4 Å². The van der Waals surface area contributed by atoms with Gasteiger partial charge < -0.3 is 11.1 Å². The number of nitrogen functional groups attached to an aromatic ring is 1. The third kappa shape index (κ3) is 2.90. The molecular weight excluding hydrogens is 202 g/mol. The van der Waals surface area contributed by atoms with Gasteiger partial charge in [0, 0.05) is 7.05 Å². The summed E-state index contributed by atoms with van der Waals surface area (Å²) >= 11 is 0. The smallest absolute Gasteiger partial charge is 0.213 e. The molecule has 0 atom stereocenters. The second-order valence-electron chi connectivity index (χ2n) is 2.98. The van der Waals surface area contributed by atoms with E-state index in [0.717, 1.165) is 5.69 Å². The van der Waals surface area contributed by atoms with Crippen LogP contribution < -0.4 is 16.2 Å². The van der Waals surface area contributed by atoms with Gasteiger partial charge >= 0.3 is 0 Å². The van der Waals surface area contributed by atoms with Crippen molar-refractivity contribution in [3.05, 3.63) is 23.8 Å². The van der Waals surface area contributed by atoms with Gasteiger partial charge in [0.05, 0.1) is 17.1 Å². The van der Waals surface area contributed by atoms with E-state index in [4.69, 9.17) is 10.9 Å². The lowest BCUT2D eigenvalue weighted by molar-refractivity contribution is 0.597. The summed E-state index contributed by atoms with van der Waals surface area (Å²) in [6, 6.07) is 4.98. The van der Waals surface area contributed by atoms with Gasteiger partial charge in [-0.2, -0.15) is 0 Å². The van der Waals surface area contributed by atoms with E-state index in [-0.39, 0.29) is 5.75 Å². The van der Waals surface area contributed by atoms with Gasteiger partial charge in [-0.05, 0) is 17.7 Å². The topological polar surface area (TPSA) is 98.2 Å². The maximum Gasteiger partial charge on any atom is 0.213 e. The molecule has 0 spiro atoms. The summed E-state index contributed by atoms with van der Waals surface area (Å²) in [5.74, 6) is -0.193. The first kappa shape index (κ1) is 10.8. The average Bonchev–Trinajstić information content (AvgIpc) is 2.01. The van der Waals surface area contributed by atoms with Crippen molar-refractivity contribution in [2.45, 2.75) is 5.75 Å². The predicted molar refractivity (Wildman–Crippen MR) is 57.2 cm³/mol. The van der Waals surface area contributed by atoms with Crippen LogP contribution in [0.3, 0.4) is 0 Å². The van der Waals surface area contributed by atoms with Gasteiger partial charge in [0.1, 0.15) is 0 Å². The van der Waals surface area contributed by atoms with Crippen LogP contribution in [0.25, 0.3) is 0 Å². The van der Waals surface area contributed by atoms with Gasteiger partial charge in [-0.3, -0.25) is 0 Å². The van der Waals surface area contributed by atoms with Gasteiger partial charge in [0.15, 0.2) is 0 Å². The van der Waals surface area contributed by atoms with E-state index in [1.807, 2.05) is 0 Å². The third-order valence-electron chi connectivity index (χ3n) is 1.75. The second-order valence-corrected chi connectivity index (χ2v) is 4.59. The first-order valence-corrected chi connectivity index (χ1v) is 5.70. The number of benzene rings is 1. The number of sulfonamides is 1. The van der Waals surface area contributed by atoms with Crippen LogP contribution in [0.1, 0.15) is 5.56 Å². The highest BCUT2D eigenvalue weighted by atomic mass is 32.2. The van der Waals surface area contributed by atoms with E-state index >= 15 is 0 Å². The van der Waals surface area contributed by atoms with Crippen molar-refractivity contribution in [1.82, 2.24) is 0 Å². The minimum atomic E-state index is -3.49. The molecule has 0 saturated carbocycles. The van der Waals surface area contributed by atoms with Gasteiger partial charge in [0.2, 0.25) is 10.0 Å². The Bertz CT molecular complexity index is 428. The zero-order valence-electron chi connectivity index (χ0n) is 7.82. The molecule has 14 heavy (non-hydrogen) atoms. The van der Waals surface area contributed by atoms with E-state index in [9.17, 15) is 8.42 Å². The van der Waals surface area contributed by atoms with E-state index in [1.165, 1.54) is 0 Å². The zero-order chi connectivity index (χ0) is 10.8. The van der Waals surface area contributed by atoms with E-state index in [0.29, 0.717) is 11.3 Å². The quantitative estimate of drug-likeness (QED) is 0.623. The second kappa shape index (κ2) is 3.85. The fraction of sp³-hybridized carbons (Fsp3) is 0.250. The lowest BCUT2D eigenvalue weighted by atomic mass is 10.2. The predicted octanol–water partition coefficient (Wildman–Crippen LogP) is 0.0990. The highest BCUT2D eigenvalue weighted by molar-refractivity contribution is 7.88. The van der Waals surface area contributed by atoms with Crippen LogP contribution in [-0.2, 0) is 15.8 Å². The molecule has 0 heterocycles. The molecule has 1 rings (SSSR count). The van der Waals surface area contributed by atoms with Gasteiger partial charge in [-0.15, -0.1) is 0 Å². The molecule has 0 aromatic heterocycles. The lowest BCUT2D eigenvalue weighted by Gasteiger charge is -2.06. The van der Waals surface area contributed by atoms with Crippen LogP contribution >= 0.6 is 0 Å². The Morgan fingerprint density at radius 1 is 1.43 bits per heavy atom. The standard InChI is InChI=1S/C8H13N3O2S/c1-11-8-3-2-6(4-7(8)9)5-14(10,12)13/h2-4,11H,5,9H2,1H3,(H2,10,12,13). The highest BCUT2D eigenvalue weighted by Gasteiger charge is 2.06. The molecule has 5 nitrogen and oxygen atoms in total.